The SMILES string of the molecule is CC(C)(C)OC(=O)N([C@H]1CC[C@H](N)CC1)[C@H]1CC[C@H](OCC#Cc2ccc3c(c2)CN(C2CCC(=O)NC2=O)C3=O)CC1. The lowest BCUT2D eigenvalue weighted by molar-refractivity contribution is -0.136. The van der Waals surface area contributed by atoms with Crippen molar-refractivity contribution in [2.75, 3.05) is 6.61 Å². The van der Waals surface area contributed by atoms with Gasteiger partial charge in [0, 0.05) is 42.2 Å². The molecule has 10 heteroatoms. The number of nitrogens with zero attached hydrogens (tertiary/aromatic N) is 2. The fourth-order valence-corrected chi connectivity index (χ4v) is 6.73. The predicted octanol–water partition coefficient (Wildman–Crippen LogP) is 3.63. The number of rotatable bonds is 5. The van der Waals surface area contributed by atoms with Gasteiger partial charge < -0.3 is 25.0 Å². The van der Waals surface area contributed by atoms with Crippen molar-refractivity contribution >= 4 is 23.8 Å². The van der Waals surface area contributed by atoms with Gasteiger partial charge in [0.15, 0.2) is 0 Å². The number of carbonyl (C=O) groups excluding carboxylic acids is 4. The number of hydrogen-bond donors (Lipinski definition) is 2. The topological polar surface area (TPSA) is 131 Å². The minimum absolute atomic E-state index is 0.0885. The maximum absolute atomic E-state index is 13.3. The van der Waals surface area contributed by atoms with Crippen LogP contribution in [0, 0.1) is 11.8 Å². The van der Waals surface area contributed by atoms with Crippen molar-refractivity contribution in [3.63, 3.8) is 0 Å². The van der Waals surface area contributed by atoms with Crippen molar-refractivity contribution in [1.82, 2.24) is 15.1 Å². The summed E-state index contributed by atoms with van der Waals surface area (Å²) < 4.78 is 11.9. The van der Waals surface area contributed by atoms with Crippen LogP contribution >= 0.6 is 0 Å². The van der Waals surface area contributed by atoms with Crippen molar-refractivity contribution in [3.8, 4) is 11.8 Å². The number of benzene rings is 1. The molecule has 43 heavy (non-hydrogen) atoms. The highest BCUT2D eigenvalue weighted by Gasteiger charge is 2.40. The zero-order chi connectivity index (χ0) is 30.7. The van der Waals surface area contributed by atoms with E-state index in [2.05, 4.69) is 17.2 Å². The van der Waals surface area contributed by atoms with E-state index < -0.39 is 17.6 Å². The first-order chi connectivity index (χ1) is 20.5. The van der Waals surface area contributed by atoms with Crippen molar-refractivity contribution in [3.05, 3.63) is 34.9 Å². The molecule has 10 nitrogen and oxygen atoms in total. The summed E-state index contributed by atoms with van der Waals surface area (Å²) in [5.74, 6) is 5.33. The smallest absolute Gasteiger partial charge is 0.410 e. The van der Waals surface area contributed by atoms with E-state index in [0.717, 1.165) is 62.5 Å². The second-order valence-electron chi connectivity index (χ2n) is 13.3. The molecule has 0 spiro atoms. The van der Waals surface area contributed by atoms with Gasteiger partial charge >= 0.3 is 6.09 Å². The number of imide groups is 1. The van der Waals surface area contributed by atoms with E-state index in [0.29, 0.717) is 25.1 Å². The molecule has 0 bridgehead atoms. The lowest BCUT2D eigenvalue weighted by Crippen LogP contribution is -2.52. The number of carbonyl (C=O) groups is 4. The van der Waals surface area contributed by atoms with Gasteiger partial charge in [-0.15, -0.1) is 0 Å². The molecule has 0 aromatic heterocycles. The number of ether oxygens (including phenoxy) is 2. The third-order valence-electron chi connectivity index (χ3n) is 8.92. The fraction of sp³-hybridized carbons (Fsp3) is 0.636. The third kappa shape index (κ3) is 7.57. The molecule has 1 aromatic carbocycles. The average molecular weight is 593 g/mol. The third-order valence-corrected chi connectivity index (χ3v) is 8.92. The normalized spacial score (nSPS) is 27.6. The number of fused-ring (bicyclic) bond motifs is 1. The average Bonchev–Trinajstić information content (AvgIpc) is 3.27. The van der Waals surface area contributed by atoms with E-state index in [4.69, 9.17) is 15.2 Å². The molecule has 3 fully saturated rings. The molecule has 2 heterocycles. The van der Waals surface area contributed by atoms with Gasteiger partial charge in [0.05, 0.1) is 6.10 Å². The number of nitrogens with two attached hydrogens (primary N) is 1. The van der Waals surface area contributed by atoms with E-state index in [9.17, 15) is 19.2 Å². The zero-order valence-electron chi connectivity index (χ0n) is 25.5. The van der Waals surface area contributed by atoms with Gasteiger partial charge in [-0.3, -0.25) is 19.7 Å². The molecule has 1 aromatic rings. The van der Waals surface area contributed by atoms with Crippen molar-refractivity contribution in [2.45, 2.75) is 127 Å². The maximum Gasteiger partial charge on any atom is 0.410 e. The molecule has 2 aliphatic heterocycles. The first-order valence-electron chi connectivity index (χ1n) is 15.6. The molecule has 2 saturated carbocycles. The summed E-state index contributed by atoms with van der Waals surface area (Å²) in [6.07, 6.45) is 7.56. The van der Waals surface area contributed by atoms with E-state index in [1.54, 1.807) is 6.07 Å². The molecule has 1 unspecified atom stereocenters. The Morgan fingerprint density at radius 1 is 1.02 bits per heavy atom. The minimum atomic E-state index is -0.632. The summed E-state index contributed by atoms with van der Waals surface area (Å²) in [5, 5.41) is 2.33. The zero-order valence-corrected chi connectivity index (χ0v) is 25.5. The van der Waals surface area contributed by atoms with Crippen LogP contribution in [0.15, 0.2) is 18.2 Å². The molecule has 4 aliphatic rings. The molecular formula is C33H44N4O6. The molecule has 232 valence electrons. The minimum Gasteiger partial charge on any atom is -0.444 e. The summed E-state index contributed by atoms with van der Waals surface area (Å²) in [7, 11) is 0. The number of hydrogen-bond acceptors (Lipinski definition) is 7. The number of nitrogens with one attached hydrogen (secondary N) is 1. The van der Waals surface area contributed by atoms with E-state index >= 15 is 0 Å². The van der Waals surface area contributed by atoms with E-state index in [1.807, 2.05) is 37.8 Å². The summed E-state index contributed by atoms with van der Waals surface area (Å²) in [6.45, 7) is 6.34. The Labute approximate surface area is 254 Å². The van der Waals surface area contributed by atoms with Gasteiger partial charge in [-0.2, -0.15) is 0 Å². The van der Waals surface area contributed by atoms with Crippen LogP contribution in [0.3, 0.4) is 0 Å². The number of amides is 4. The Balaban J connectivity index is 1.12. The lowest BCUT2D eigenvalue weighted by atomic mass is 9.86. The van der Waals surface area contributed by atoms with Crippen LogP contribution in [0.4, 0.5) is 4.79 Å². The highest BCUT2D eigenvalue weighted by Crippen LogP contribution is 2.33. The highest BCUT2D eigenvalue weighted by atomic mass is 16.6. The van der Waals surface area contributed by atoms with Gasteiger partial charge in [-0.05, 0) is 102 Å². The van der Waals surface area contributed by atoms with Gasteiger partial charge in [-0.1, -0.05) is 11.8 Å². The van der Waals surface area contributed by atoms with Crippen LogP contribution in [0.2, 0.25) is 0 Å². The van der Waals surface area contributed by atoms with Crippen molar-refractivity contribution < 1.29 is 28.7 Å². The monoisotopic (exact) mass is 592 g/mol. The Morgan fingerprint density at radius 3 is 2.35 bits per heavy atom. The first-order valence-corrected chi connectivity index (χ1v) is 15.6. The predicted molar refractivity (Wildman–Crippen MR) is 160 cm³/mol. The summed E-state index contributed by atoms with van der Waals surface area (Å²) in [4.78, 5) is 53.5. The lowest BCUT2D eigenvalue weighted by Gasteiger charge is -2.43. The largest absolute Gasteiger partial charge is 0.444 e. The van der Waals surface area contributed by atoms with Gasteiger partial charge in [0.25, 0.3) is 5.91 Å². The molecule has 1 saturated heterocycles. The van der Waals surface area contributed by atoms with Crippen LogP contribution in [-0.2, 0) is 25.6 Å². The quantitative estimate of drug-likeness (QED) is 0.394. The second-order valence-corrected chi connectivity index (χ2v) is 13.3. The van der Waals surface area contributed by atoms with Gasteiger partial charge in [-0.25, -0.2) is 4.79 Å². The molecule has 4 amide bonds. The van der Waals surface area contributed by atoms with Crippen LogP contribution in [-0.4, -0.2) is 76.1 Å². The van der Waals surface area contributed by atoms with Crippen LogP contribution in [0.25, 0.3) is 0 Å². The van der Waals surface area contributed by atoms with Crippen LogP contribution in [0.5, 0.6) is 0 Å². The van der Waals surface area contributed by atoms with Crippen molar-refractivity contribution in [2.24, 2.45) is 5.73 Å². The molecular weight excluding hydrogens is 548 g/mol. The van der Waals surface area contributed by atoms with Crippen LogP contribution in [0.1, 0.15) is 106 Å². The van der Waals surface area contributed by atoms with E-state index in [1.165, 1.54) is 4.90 Å². The maximum atomic E-state index is 13.3. The highest BCUT2D eigenvalue weighted by molar-refractivity contribution is 6.05. The molecule has 0 radical (unpaired) electrons. The van der Waals surface area contributed by atoms with Gasteiger partial charge in [0.2, 0.25) is 11.8 Å². The Morgan fingerprint density at radius 2 is 1.70 bits per heavy atom. The first kappa shape index (κ1) is 31.0. The van der Waals surface area contributed by atoms with Gasteiger partial charge in [0.1, 0.15) is 18.2 Å². The molecule has 3 N–H and O–H groups in total. The Bertz CT molecular complexity index is 1290. The molecule has 2 aliphatic carbocycles. The number of piperidine rings is 1. The molecule has 1 atom stereocenters. The summed E-state index contributed by atoms with van der Waals surface area (Å²) in [5.41, 5.74) is 7.78. The fourth-order valence-electron chi connectivity index (χ4n) is 6.73. The summed E-state index contributed by atoms with van der Waals surface area (Å²) in [6, 6.07) is 5.34. The van der Waals surface area contributed by atoms with Crippen molar-refractivity contribution in [1.29, 1.82) is 0 Å². The Hall–Kier alpha value is -3.42. The van der Waals surface area contributed by atoms with Crippen LogP contribution < -0.4 is 11.1 Å². The second kappa shape index (κ2) is 13.1. The standard InChI is InChI=1S/C33H44N4O6/c1-33(2,3)43-32(41)37(24-9-7-23(34)8-10-24)25-11-13-26(14-12-25)42-18-4-5-21-6-15-27-22(19-21)20-36(31(27)40)28-16-17-29(38)35-30(28)39/h6,15,19,23-26,28H,7-14,16-18,20,34H2,1-3H3,(H,35,38,39)/t23-,24-,25-,26-,28?. The summed E-state index contributed by atoms with van der Waals surface area (Å²) >= 11 is 0. The van der Waals surface area contributed by atoms with E-state index in [-0.39, 0.29) is 48.6 Å². The Kier molecular flexibility index (Phi) is 9.42. The molecule has 5 rings (SSSR count).